The third kappa shape index (κ3) is 3.40. The zero-order chi connectivity index (χ0) is 11.3. The second-order valence-electron chi connectivity index (χ2n) is 3.47. The number of carbonyl (C=O) groups excluding carboxylic acids is 1. The third-order valence-electron chi connectivity index (χ3n) is 2.29. The van der Waals surface area contributed by atoms with Crippen molar-refractivity contribution in [1.29, 1.82) is 0 Å². The van der Waals surface area contributed by atoms with Crippen LogP contribution < -0.4 is 0 Å². The number of ketones is 1. The minimum atomic E-state index is -0.0151. The Bertz CT molecular complexity index is 317. The third-order valence-corrected chi connectivity index (χ3v) is 2.29. The molecule has 0 aliphatic carbocycles. The number of likely N-dealkylation sites (N-methyl/N-ethyl adjacent to an activating group) is 1. The topological polar surface area (TPSA) is 46.1 Å². The number of aryl methyl sites for hydroxylation is 1. The molecule has 1 aromatic rings. The number of carbonyl (C=O) groups is 1. The van der Waals surface area contributed by atoms with Crippen molar-refractivity contribution in [2.45, 2.75) is 20.8 Å². The Kier molecular flexibility index (Phi) is 4.37. The normalized spacial score (nSPS) is 10.7. The molecule has 0 amide bonds. The molecule has 1 heterocycles. The van der Waals surface area contributed by atoms with Crippen molar-refractivity contribution >= 4 is 5.78 Å². The first kappa shape index (κ1) is 11.8. The highest BCUT2D eigenvalue weighted by Gasteiger charge is 2.11. The number of nitrogens with zero attached hydrogens (tertiary/aromatic N) is 3. The fraction of sp³-hybridized carbons (Fsp3) is 0.545. The van der Waals surface area contributed by atoms with Crippen molar-refractivity contribution in [3.05, 3.63) is 23.8 Å². The molecule has 0 spiro atoms. The van der Waals surface area contributed by atoms with Crippen molar-refractivity contribution in [3.63, 3.8) is 0 Å². The molecule has 15 heavy (non-hydrogen) atoms. The van der Waals surface area contributed by atoms with Crippen LogP contribution in [0.5, 0.6) is 0 Å². The molecule has 0 aromatic carbocycles. The molecule has 4 nitrogen and oxygen atoms in total. The maximum Gasteiger partial charge on any atom is 0.213 e. The molecule has 0 aliphatic heterocycles. The molecular formula is C11H17N3O. The number of aromatic nitrogens is 2. The van der Waals surface area contributed by atoms with Crippen molar-refractivity contribution in [2.75, 3.05) is 19.6 Å². The summed E-state index contributed by atoms with van der Waals surface area (Å²) < 4.78 is 0. The van der Waals surface area contributed by atoms with Gasteiger partial charge in [0.05, 0.1) is 6.54 Å². The van der Waals surface area contributed by atoms with Gasteiger partial charge in [-0.05, 0) is 25.6 Å². The van der Waals surface area contributed by atoms with E-state index in [1.807, 2.05) is 25.7 Å². The molecule has 1 aromatic heterocycles. The monoisotopic (exact) mass is 207 g/mol. The van der Waals surface area contributed by atoms with Gasteiger partial charge in [-0.1, -0.05) is 13.8 Å². The molecule has 0 unspecified atom stereocenters. The van der Waals surface area contributed by atoms with Crippen LogP contribution in [-0.2, 0) is 0 Å². The maximum atomic E-state index is 11.7. The van der Waals surface area contributed by atoms with Crippen LogP contribution in [0.15, 0.2) is 12.4 Å². The number of Topliss-reactive ketones (excluding diaryl/α,β-unsaturated/α-hetero) is 1. The number of hydrogen-bond donors (Lipinski definition) is 0. The first-order valence-corrected chi connectivity index (χ1v) is 5.21. The van der Waals surface area contributed by atoms with E-state index in [1.165, 1.54) is 0 Å². The lowest BCUT2D eigenvalue weighted by Gasteiger charge is -2.15. The largest absolute Gasteiger partial charge is 0.296 e. The van der Waals surface area contributed by atoms with Gasteiger partial charge in [0.25, 0.3) is 0 Å². The average molecular weight is 207 g/mol. The zero-order valence-corrected chi connectivity index (χ0v) is 9.53. The van der Waals surface area contributed by atoms with Crippen LogP contribution in [0.4, 0.5) is 0 Å². The fourth-order valence-corrected chi connectivity index (χ4v) is 1.26. The summed E-state index contributed by atoms with van der Waals surface area (Å²) in [5.41, 5.74) is 0.967. The average Bonchev–Trinajstić information content (AvgIpc) is 2.26. The van der Waals surface area contributed by atoms with E-state index < -0.39 is 0 Å². The molecule has 4 heteroatoms. The highest BCUT2D eigenvalue weighted by Crippen LogP contribution is 1.97. The molecule has 1 rings (SSSR count). The van der Waals surface area contributed by atoms with Gasteiger partial charge in [-0.3, -0.25) is 9.69 Å². The van der Waals surface area contributed by atoms with Crippen molar-refractivity contribution < 1.29 is 4.79 Å². The smallest absolute Gasteiger partial charge is 0.213 e. The highest BCUT2D eigenvalue weighted by atomic mass is 16.1. The Hall–Kier alpha value is -1.29. The Morgan fingerprint density at radius 1 is 1.27 bits per heavy atom. The summed E-state index contributed by atoms with van der Waals surface area (Å²) in [5.74, 6) is 0.297. The minimum Gasteiger partial charge on any atom is -0.296 e. The Labute approximate surface area is 90.3 Å². The molecule has 0 bridgehead atoms. The van der Waals surface area contributed by atoms with Gasteiger partial charge in [-0.25, -0.2) is 9.97 Å². The summed E-state index contributed by atoms with van der Waals surface area (Å²) in [6.07, 6.45) is 3.34. The van der Waals surface area contributed by atoms with Gasteiger partial charge >= 0.3 is 0 Å². The second-order valence-corrected chi connectivity index (χ2v) is 3.47. The predicted molar refractivity (Wildman–Crippen MR) is 58.9 cm³/mol. The quantitative estimate of drug-likeness (QED) is 0.683. The summed E-state index contributed by atoms with van der Waals surface area (Å²) in [5, 5.41) is 0. The van der Waals surface area contributed by atoms with Crippen molar-refractivity contribution in [1.82, 2.24) is 14.9 Å². The van der Waals surface area contributed by atoms with E-state index in [9.17, 15) is 4.79 Å². The SMILES string of the molecule is CCN(CC)CC(=O)c1ncc(C)cn1. The van der Waals surface area contributed by atoms with Crippen LogP contribution in [0.1, 0.15) is 30.0 Å². The minimum absolute atomic E-state index is 0.0151. The van der Waals surface area contributed by atoms with Gasteiger partial charge in [0.1, 0.15) is 0 Å². The molecule has 0 N–H and O–H groups in total. The van der Waals surface area contributed by atoms with E-state index in [1.54, 1.807) is 12.4 Å². The van der Waals surface area contributed by atoms with Gasteiger partial charge < -0.3 is 0 Å². The van der Waals surface area contributed by atoms with E-state index in [0.717, 1.165) is 18.7 Å². The molecule has 0 saturated carbocycles. The van der Waals surface area contributed by atoms with E-state index in [4.69, 9.17) is 0 Å². The van der Waals surface area contributed by atoms with E-state index >= 15 is 0 Å². The second kappa shape index (κ2) is 5.56. The van der Waals surface area contributed by atoms with Gasteiger partial charge in [0, 0.05) is 12.4 Å². The Balaban J connectivity index is 2.64. The molecule has 0 atom stereocenters. The Morgan fingerprint density at radius 3 is 2.27 bits per heavy atom. The molecule has 82 valence electrons. The summed E-state index contributed by atoms with van der Waals surface area (Å²) >= 11 is 0. The lowest BCUT2D eigenvalue weighted by Crippen LogP contribution is -2.30. The van der Waals surface area contributed by atoms with Crippen LogP contribution in [0.3, 0.4) is 0 Å². The van der Waals surface area contributed by atoms with E-state index in [0.29, 0.717) is 12.4 Å². The van der Waals surface area contributed by atoms with Gasteiger partial charge in [0.15, 0.2) is 5.82 Å². The van der Waals surface area contributed by atoms with E-state index in [-0.39, 0.29) is 5.78 Å². The molecule has 0 fully saturated rings. The molecule has 0 aliphatic rings. The van der Waals surface area contributed by atoms with E-state index in [2.05, 4.69) is 9.97 Å². The van der Waals surface area contributed by atoms with Crippen molar-refractivity contribution in [2.24, 2.45) is 0 Å². The van der Waals surface area contributed by atoms with Gasteiger partial charge in [-0.15, -0.1) is 0 Å². The lowest BCUT2D eigenvalue weighted by molar-refractivity contribution is 0.0927. The predicted octanol–water partition coefficient (Wildman–Crippen LogP) is 1.31. The van der Waals surface area contributed by atoms with Crippen LogP contribution in [0, 0.1) is 6.92 Å². The number of rotatable bonds is 5. The standard InChI is InChI=1S/C11H17N3O/c1-4-14(5-2)8-10(15)11-12-6-9(3)7-13-11/h6-7H,4-5,8H2,1-3H3. The summed E-state index contributed by atoms with van der Waals surface area (Å²) in [6.45, 7) is 8.11. The van der Waals surface area contributed by atoms with Crippen LogP contribution >= 0.6 is 0 Å². The summed E-state index contributed by atoms with van der Waals surface area (Å²) in [7, 11) is 0. The number of hydrogen-bond acceptors (Lipinski definition) is 4. The first-order valence-electron chi connectivity index (χ1n) is 5.21. The summed E-state index contributed by atoms with van der Waals surface area (Å²) in [4.78, 5) is 21.8. The fourth-order valence-electron chi connectivity index (χ4n) is 1.26. The van der Waals surface area contributed by atoms with Crippen molar-refractivity contribution in [3.8, 4) is 0 Å². The first-order chi connectivity index (χ1) is 7.17. The zero-order valence-electron chi connectivity index (χ0n) is 9.53. The lowest BCUT2D eigenvalue weighted by atomic mass is 10.3. The molecule has 0 saturated heterocycles. The van der Waals surface area contributed by atoms with Crippen LogP contribution in [0.25, 0.3) is 0 Å². The van der Waals surface area contributed by atoms with Gasteiger partial charge in [0.2, 0.25) is 5.78 Å². The molecular weight excluding hydrogens is 190 g/mol. The van der Waals surface area contributed by atoms with Crippen LogP contribution in [-0.4, -0.2) is 40.3 Å². The highest BCUT2D eigenvalue weighted by molar-refractivity contribution is 5.94. The Morgan fingerprint density at radius 2 is 1.80 bits per heavy atom. The van der Waals surface area contributed by atoms with Gasteiger partial charge in [-0.2, -0.15) is 0 Å². The summed E-state index contributed by atoms with van der Waals surface area (Å²) in [6, 6.07) is 0. The molecule has 0 radical (unpaired) electrons. The maximum absolute atomic E-state index is 11.7. The van der Waals surface area contributed by atoms with Crippen LogP contribution in [0.2, 0.25) is 0 Å².